The van der Waals surface area contributed by atoms with E-state index >= 15 is 0 Å². The fraction of sp³-hybridized carbons (Fsp3) is 0.615. The number of rotatable bonds is 4. The third-order valence-electron chi connectivity index (χ3n) is 8.77. The number of esters is 1. The summed E-state index contributed by atoms with van der Waals surface area (Å²) in [5.74, 6) is 2.71. The van der Waals surface area contributed by atoms with Gasteiger partial charge in [0.05, 0.1) is 5.03 Å². The molecule has 3 saturated carbocycles. The van der Waals surface area contributed by atoms with Gasteiger partial charge in [-0.3, -0.25) is 4.79 Å². The van der Waals surface area contributed by atoms with Crippen molar-refractivity contribution in [1.29, 1.82) is 0 Å². The molecule has 0 unspecified atom stereocenters. The van der Waals surface area contributed by atoms with E-state index in [-0.39, 0.29) is 29.9 Å². The van der Waals surface area contributed by atoms with Crippen LogP contribution in [0.25, 0.3) is 0 Å². The van der Waals surface area contributed by atoms with Crippen LogP contribution >= 0.6 is 23.2 Å². The zero-order chi connectivity index (χ0) is 22.5. The van der Waals surface area contributed by atoms with Crippen molar-refractivity contribution in [3.8, 4) is 5.75 Å². The number of hydrogen-bond donors (Lipinski definition) is 0. The Morgan fingerprint density at radius 3 is 2.59 bits per heavy atom. The number of carbonyl (C=O) groups is 2. The monoisotopic (exact) mass is 476 g/mol. The van der Waals surface area contributed by atoms with Gasteiger partial charge in [0, 0.05) is 16.9 Å². The van der Waals surface area contributed by atoms with E-state index in [4.69, 9.17) is 32.7 Å². The lowest BCUT2D eigenvalue weighted by atomic mass is 9.52. The highest BCUT2D eigenvalue weighted by molar-refractivity contribution is 6.43. The summed E-state index contributed by atoms with van der Waals surface area (Å²) in [6.07, 6.45) is 7.74. The quantitative estimate of drug-likeness (QED) is 0.475. The van der Waals surface area contributed by atoms with Crippen molar-refractivity contribution in [3.63, 3.8) is 0 Å². The number of halogens is 2. The molecule has 32 heavy (non-hydrogen) atoms. The third-order valence-corrected chi connectivity index (χ3v) is 9.48. The van der Waals surface area contributed by atoms with Crippen LogP contribution in [-0.4, -0.2) is 24.5 Å². The summed E-state index contributed by atoms with van der Waals surface area (Å²) in [4.78, 5) is 24.7. The molecule has 0 aromatic heterocycles. The number of fused-ring (bicyclic) bond motifs is 5. The summed E-state index contributed by atoms with van der Waals surface area (Å²) < 4.78 is 11.6. The van der Waals surface area contributed by atoms with Crippen molar-refractivity contribution in [2.75, 3.05) is 6.61 Å². The van der Waals surface area contributed by atoms with E-state index in [1.807, 2.05) is 0 Å². The molecule has 0 N–H and O–H groups in total. The molecule has 0 bridgehead atoms. The highest BCUT2D eigenvalue weighted by Crippen LogP contribution is 2.62. The summed E-state index contributed by atoms with van der Waals surface area (Å²) in [5.41, 5.74) is 1.25. The maximum atomic E-state index is 12.6. The van der Waals surface area contributed by atoms with E-state index in [2.05, 4.69) is 6.92 Å². The van der Waals surface area contributed by atoms with E-state index in [1.165, 1.54) is 5.57 Å². The van der Waals surface area contributed by atoms with Crippen LogP contribution in [0.4, 0.5) is 0 Å². The standard InChI is InChI=1S/C26H30Cl2O4/c1-26-13-12-18-17-8-10-22(29)25(28)20(17)7-6-19(18)21(26)9-11-23(26)32-24(30)14-31-16-4-2-15(27)3-5-16/h2-5,17-19,21,23H,6-14H2,1H3/t17-,18-,19-,21+,23+,26+/m1/s1. The fourth-order valence-corrected chi connectivity index (χ4v) is 7.70. The lowest BCUT2D eigenvalue weighted by Crippen LogP contribution is -2.48. The van der Waals surface area contributed by atoms with E-state index in [0.29, 0.717) is 45.9 Å². The van der Waals surface area contributed by atoms with Gasteiger partial charge in [-0.2, -0.15) is 0 Å². The van der Waals surface area contributed by atoms with Crippen molar-refractivity contribution in [1.82, 2.24) is 0 Å². The van der Waals surface area contributed by atoms with Crippen LogP contribution in [0.15, 0.2) is 34.9 Å². The minimum absolute atomic E-state index is 0.0204. The summed E-state index contributed by atoms with van der Waals surface area (Å²) >= 11 is 12.3. The number of ether oxygens (including phenoxy) is 2. The lowest BCUT2D eigenvalue weighted by Gasteiger charge is -2.53. The first kappa shape index (κ1) is 22.3. The van der Waals surface area contributed by atoms with Gasteiger partial charge in [-0.1, -0.05) is 30.1 Å². The van der Waals surface area contributed by atoms with E-state index in [9.17, 15) is 9.59 Å². The van der Waals surface area contributed by atoms with Gasteiger partial charge in [0.15, 0.2) is 12.4 Å². The maximum absolute atomic E-state index is 12.6. The molecule has 0 heterocycles. The predicted molar refractivity (Wildman–Crippen MR) is 124 cm³/mol. The van der Waals surface area contributed by atoms with Crippen LogP contribution in [0.3, 0.4) is 0 Å². The molecule has 0 amide bonds. The molecule has 4 aliphatic carbocycles. The largest absolute Gasteiger partial charge is 0.482 e. The van der Waals surface area contributed by atoms with Crippen LogP contribution in [0.2, 0.25) is 5.02 Å². The van der Waals surface area contributed by atoms with Gasteiger partial charge < -0.3 is 9.47 Å². The SMILES string of the molecule is C[C@]12CC[C@H]3[C@@H](CCC4=C(Cl)C(=O)CC[C@@H]43)[C@@H]1CC[C@@H]2OC(=O)COc1ccc(Cl)cc1. The van der Waals surface area contributed by atoms with Crippen LogP contribution in [0.5, 0.6) is 5.75 Å². The van der Waals surface area contributed by atoms with Crippen LogP contribution in [0, 0.1) is 29.1 Å². The number of hydrogen-bond acceptors (Lipinski definition) is 4. The first-order valence-corrected chi connectivity index (χ1v) is 12.6. The molecule has 0 aliphatic heterocycles. The van der Waals surface area contributed by atoms with Gasteiger partial charge in [0.2, 0.25) is 0 Å². The Morgan fingerprint density at radius 1 is 1.03 bits per heavy atom. The second kappa shape index (κ2) is 8.68. The first-order valence-electron chi connectivity index (χ1n) is 11.9. The molecule has 172 valence electrons. The number of ketones is 1. The Hall–Kier alpha value is -1.52. The molecule has 3 fully saturated rings. The molecular formula is C26H30Cl2O4. The second-order valence-corrected chi connectivity index (χ2v) is 11.0. The zero-order valence-corrected chi connectivity index (χ0v) is 20.0. The molecule has 1 aromatic carbocycles. The van der Waals surface area contributed by atoms with Gasteiger partial charge in [-0.25, -0.2) is 4.79 Å². The predicted octanol–water partition coefficient (Wildman–Crippen LogP) is 6.34. The van der Waals surface area contributed by atoms with Crippen molar-refractivity contribution in [2.24, 2.45) is 29.1 Å². The topological polar surface area (TPSA) is 52.6 Å². The normalized spacial score (nSPS) is 36.2. The Morgan fingerprint density at radius 2 is 1.81 bits per heavy atom. The Labute approximate surface area is 199 Å². The molecule has 0 saturated heterocycles. The minimum atomic E-state index is -0.305. The Kier molecular flexibility index (Phi) is 6.05. The van der Waals surface area contributed by atoms with Crippen molar-refractivity contribution < 1.29 is 19.1 Å². The molecule has 0 spiro atoms. The van der Waals surface area contributed by atoms with E-state index in [0.717, 1.165) is 44.9 Å². The molecule has 4 nitrogen and oxygen atoms in total. The highest BCUT2D eigenvalue weighted by atomic mass is 35.5. The van der Waals surface area contributed by atoms with Gasteiger partial charge in [0.25, 0.3) is 0 Å². The summed E-state index contributed by atoms with van der Waals surface area (Å²) in [6.45, 7) is 2.23. The molecule has 5 rings (SSSR count). The molecule has 1 aromatic rings. The number of carbonyl (C=O) groups excluding carboxylic acids is 2. The van der Waals surface area contributed by atoms with Gasteiger partial charge in [-0.05, 0) is 98.5 Å². The van der Waals surface area contributed by atoms with E-state index in [1.54, 1.807) is 24.3 Å². The zero-order valence-electron chi connectivity index (χ0n) is 18.4. The Bertz CT molecular complexity index is 940. The van der Waals surface area contributed by atoms with E-state index < -0.39 is 0 Å². The first-order chi connectivity index (χ1) is 15.4. The average molecular weight is 477 g/mol. The average Bonchev–Trinajstić information content (AvgIpc) is 3.12. The minimum Gasteiger partial charge on any atom is -0.482 e. The maximum Gasteiger partial charge on any atom is 0.344 e. The number of Topliss-reactive ketones (excluding diaryl/α,β-unsaturated/α-hetero) is 1. The molecular weight excluding hydrogens is 447 g/mol. The van der Waals surface area contributed by atoms with Crippen LogP contribution in [0.1, 0.15) is 58.3 Å². The smallest absolute Gasteiger partial charge is 0.344 e. The Balaban J connectivity index is 1.23. The third kappa shape index (κ3) is 3.88. The number of allylic oxidation sites excluding steroid dienone is 1. The molecule has 0 radical (unpaired) electrons. The van der Waals surface area contributed by atoms with Crippen molar-refractivity contribution in [3.05, 3.63) is 39.9 Å². The fourth-order valence-electron chi connectivity index (χ4n) is 7.25. The van der Waals surface area contributed by atoms with Gasteiger partial charge in [0.1, 0.15) is 11.9 Å². The lowest BCUT2D eigenvalue weighted by molar-refractivity contribution is -0.161. The van der Waals surface area contributed by atoms with Gasteiger partial charge >= 0.3 is 5.97 Å². The number of benzene rings is 1. The van der Waals surface area contributed by atoms with Gasteiger partial charge in [-0.15, -0.1) is 0 Å². The summed E-state index contributed by atoms with van der Waals surface area (Å²) in [6, 6.07) is 6.98. The molecule has 6 atom stereocenters. The molecule has 4 aliphatic rings. The van der Waals surface area contributed by atoms with Crippen LogP contribution < -0.4 is 4.74 Å². The van der Waals surface area contributed by atoms with Crippen molar-refractivity contribution >= 4 is 35.0 Å². The van der Waals surface area contributed by atoms with Crippen molar-refractivity contribution in [2.45, 2.75) is 64.4 Å². The second-order valence-electron chi connectivity index (χ2n) is 10.2. The summed E-state index contributed by atoms with van der Waals surface area (Å²) in [5, 5.41) is 1.17. The highest BCUT2D eigenvalue weighted by Gasteiger charge is 2.57. The van der Waals surface area contributed by atoms with Crippen LogP contribution in [-0.2, 0) is 14.3 Å². The molecule has 6 heteroatoms. The summed E-state index contributed by atoms with van der Waals surface area (Å²) in [7, 11) is 0.